The van der Waals surface area contributed by atoms with Crippen molar-refractivity contribution in [3.8, 4) is 11.4 Å². The summed E-state index contributed by atoms with van der Waals surface area (Å²) < 4.78 is 32.5. The number of aromatic nitrogens is 4. The Morgan fingerprint density at radius 2 is 1.82 bits per heavy atom. The number of imidazole rings is 1. The molecule has 2 aliphatic heterocycles. The fraction of sp³-hybridized carbons (Fsp3) is 0.250. The second kappa shape index (κ2) is 7.62. The molecule has 0 atom stereocenters. The van der Waals surface area contributed by atoms with Gasteiger partial charge < -0.3 is 9.88 Å². The number of hydrogen-bond acceptors (Lipinski definition) is 5. The smallest absolute Gasteiger partial charge is 0.196 e. The van der Waals surface area contributed by atoms with E-state index >= 15 is 7.77 Å². The van der Waals surface area contributed by atoms with Gasteiger partial charge in [-0.25, -0.2) is 15.0 Å². The van der Waals surface area contributed by atoms with E-state index in [1.54, 1.807) is 24.3 Å². The molecule has 2 aliphatic rings. The number of hydrogen-bond donors (Lipinski definition) is 1. The lowest BCUT2D eigenvalue weighted by Gasteiger charge is -2.21. The van der Waals surface area contributed by atoms with Gasteiger partial charge in [0.05, 0.1) is 9.79 Å². The predicted molar refractivity (Wildman–Crippen MR) is 126 cm³/mol. The van der Waals surface area contributed by atoms with Crippen molar-refractivity contribution >= 4 is 34.1 Å². The molecule has 0 aliphatic carbocycles. The minimum atomic E-state index is -4.16. The summed E-state index contributed by atoms with van der Waals surface area (Å²) in [5, 5.41) is 3.34. The third-order valence-electron chi connectivity index (χ3n) is 5.46. The normalized spacial score (nSPS) is 15.5. The first-order chi connectivity index (χ1) is 15.7. The summed E-state index contributed by atoms with van der Waals surface area (Å²) in [4.78, 5) is 24.9. The van der Waals surface area contributed by atoms with E-state index in [0.29, 0.717) is 47.7 Å². The summed E-state index contributed by atoms with van der Waals surface area (Å²) in [6.07, 6.45) is 0.585. The van der Waals surface area contributed by atoms with Crippen molar-refractivity contribution in [2.24, 2.45) is 5.41 Å². The lowest BCUT2D eigenvalue weighted by atomic mass is 9.97. The molecule has 1 N–H and O–H groups in total. The second-order valence-electron chi connectivity index (χ2n) is 9.30. The SMILES string of the molecule is CC(C)(C)CNc1nc(C=O)nc2nc3n(c12)Cc1ccc(cc1)S(F)(F)c1cccc-3c1. The van der Waals surface area contributed by atoms with Gasteiger partial charge in [-0.15, -0.1) is 7.77 Å². The average Bonchev–Trinajstić information content (AvgIpc) is 3.14. The Hall–Kier alpha value is -3.33. The molecular weight excluding hydrogens is 444 g/mol. The molecule has 4 aromatic rings. The Bertz CT molecular complexity index is 1380. The molecule has 4 bridgehead atoms. The van der Waals surface area contributed by atoms with Crippen LogP contribution in [0.25, 0.3) is 22.6 Å². The van der Waals surface area contributed by atoms with E-state index < -0.39 is 10.8 Å². The largest absolute Gasteiger partial charge is 0.368 e. The average molecular weight is 468 g/mol. The van der Waals surface area contributed by atoms with Gasteiger partial charge in [-0.3, -0.25) is 4.79 Å². The van der Waals surface area contributed by atoms with Crippen molar-refractivity contribution in [2.45, 2.75) is 37.1 Å². The molecular formula is C24H23F2N5OS. The molecule has 0 fully saturated rings. The third kappa shape index (κ3) is 3.86. The molecule has 2 aromatic carbocycles. The number of nitrogens with zero attached hydrogens (tertiary/aromatic N) is 4. The monoisotopic (exact) mass is 467 g/mol. The number of anilines is 1. The maximum atomic E-state index is 15.3. The Morgan fingerprint density at radius 3 is 2.52 bits per heavy atom. The Morgan fingerprint density at radius 1 is 1.06 bits per heavy atom. The van der Waals surface area contributed by atoms with Gasteiger partial charge in [-0.2, -0.15) is 0 Å². The zero-order chi connectivity index (χ0) is 23.4. The van der Waals surface area contributed by atoms with Gasteiger partial charge in [0, 0.05) is 18.7 Å². The molecule has 0 unspecified atom stereocenters. The number of rotatable bonds is 3. The van der Waals surface area contributed by atoms with Crippen LogP contribution in [0.2, 0.25) is 0 Å². The van der Waals surface area contributed by atoms with Crippen LogP contribution in [-0.4, -0.2) is 32.3 Å². The molecule has 6 nitrogen and oxygen atoms in total. The van der Waals surface area contributed by atoms with E-state index in [4.69, 9.17) is 0 Å². The van der Waals surface area contributed by atoms with Crippen molar-refractivity contribution in [3.05, 3.63) is 59.9 Å². The molecule has 0 saturated heterocycles. The highest BCUT2D eigenvalue weighted by Gasteiger charge is 2.30. The van der Waals surface area contributed by atoms with Crippen molar-refractivity contribution in [3.63, 3.8) is 0 Å². The van der Waals surface area contributed by atoms with E-state index in [1.165, 1.54) is 24.3 Å². The van der Waals surface area contributed by atoms with Crippen molar-refractivity contribution < 1.29 is 12.6 Å². The van der Waals surface area contributed by atoms with Gasteiger partial charge >= 0.3 is 0 Å². The molecule has 170 valence electrons. The predicted octanol–water partition coefficient (Wildman–Crippen LogP) is 6.12. The van der Waals surface area contributed by atoms with Crippen molar-refractivity contribution in [1.29, 1.82) is 0 Å². The molecule has 6 rings (SSSR count). The number of carbonyl (C=O) groups excluding carboxylic acids is 1. The van der Waals surface area contributed by atoms with Gasteiger partial charge in [0.25, 0.3) is 0 Å². The van der Waals surface area contributed by atoms with Crippen LogP contribution in [0.4, 0.5) is 13.6 Å². The number of carbonyl (C=O) groups is 1. The zero-order valence-corrected chi connectivity index (χ0v) is 19.3. The topological polar surface area (TPSA) is 72.7 Å². The minimum Gasteiger partial charge on any atom is -0.368 e. The highest BCUT2D eigenvalue weighted by Crippen LogP contribution is 2.65. The van der Waals surface area contributed by atoms with E-state index in [2.05, 4.69) is 41.0 Å². The maximum absolute atomic E-state index is 15.3. The molecule has 0 radical (unpaired) electrons. The van der Waals surface area contributed by atoms with Crippen LogP contribution >= 0.6 is 10.8 Å². The van der Waals surface area contributed by atoms with E-state index in [0.717, 1.165) is 5.56 Å². The van der Waals surface area contributed by atoms with Gasteiger partial charge in [0.1, 0.15) is 22.1 Å². The van der Waals surface area contributed by atoms with Crippen LogP contribution in [0.3, 0.4) is 0 Å². The summed E-state index contributed by atoms with van der Waals surface area (Å²) >= 11 is 0. The summed E-state index contributed by atoms with van der Waals surface area (Å²) in [7, 11) is -4.16. The molecule has 0 spiro atoms. The molecule has 4 heterocycles. The number of benzene rings is 2. The van der Waals surface area contributed by atoms with Gasteiger partial charge in [-0.1, -0.05) is 45.0 Å². The fourth-order valence-electron chi connectivity index (χ4n) is 3.83. The standard InChI is InChI=1S/C24H23F2N5OS/c1-24(2,3)14-27-21-20-22(29-19(13-32)28-21)30-23-16-5-4-6-18(11-16)33(25,26)17-9-7-15(8-10-17)12-31(20)23/h4-11,13H,12,14H2,1-3H3,(H,27,28,29). The molecule has 33 heavy (non-hydrogen) atoms. The van der Waals surface area contributed by atoms with Crippen LogP contribution in [0.15, 0.2) is 58.3 Å². The minimum absolute atomic E-state index is 0.0188. The Labute approximate surface area is 192 Å². The first-order valence-electron chi connectivity index (χ1n) is 10.5. The van der Waals surface area contributed by atoms with Crippen LogP contribution in [0.5, 0.6) is 0 Å². The molecule has 0 saturated carbocycles. The molecule has 9 heteroatoms. The van der Waals surface area contributed by atoms with Gasteiger partial charge in [0.15, 0.2) is 23.6 Å². The number of aldehydes is 1. The van der Waals surface area contributed by atoms with E-state index in [9.17, 15) is 4.79 Å². The first kappa shape index (κ1) is 21.5. The third-order valence-corrected chi connectivity index (χ3v) is 7.17. The number of halogens is 2. The van der Waals surface area contributed by atoms with Gasteiger partial charge in [0.2, 0.25) is 0 Å². The van der Waals surface area contributed by atoms with Gasteiger partial charge in [-0.05, 0) is 35.2 Å². The fourth-order valence-corrected chi connectivity index (χ4v) is 5.11. The van der Waals surface area contributed by atoms with Crippen LogP contribution < -0.4 is 5.32 Å². The number of fused-ring (bicyclic) bond motifs is 3. The van der Waals surface area contributed by atoms with Crippen LogP contribution in [-0.2, 0) is 6.54 Å². The second-order valence-corrected chi connectivity index (χ2v) is 11.2. The summed E-state index contributed by atoms with van der Waals surface area (Å²) in [6, 6.07) is 12.8. The summed E-state index contributed by atoms with van der Waals surface area (Å²) in [5.74, 6) is 1.02. The Balaban J connectivity index is 1.81. The first-order valence-corrected chi connectivity index (χ1v) is 12.0. The Kier molecular flexibility index (Phi) is 4.97. The highest BCUT2D eigenvalue weighted by atomic mass is 32.3. The van der Waals surface area contributed by atoms with Crippen LogP contribution in [0, 0.1) is 5.41 Å². The highest BCUT2D eigenvalue weighted by molar-refractivity contribution is 8.25. The molecule has 0 amide bonds. The van der Waals surface area contributed by atoms with Crippen LogP contribution in [0.1, 0.15) is 37.0 Å². The number of nitrogens with one attached hydrogen (secondary N) is 1. The van der Waals surface area contributed by atoms with E-state index in [1.807, 2.05) is 4.57 Å². The van der Waals surface area contributed by atoms with Crippen molar-refractivity contribution in [1.82, 2.24) is 19.5 Å². The quantitative estimate of drug-likeness (QED) is 0.368. The lowest BCUT2D eigenvalue weighted by molar-refractivity contribution is 0.111. The summed E-state index contributed by atoms with van der Waals surface area (Å²) in [5.41, 5.74) is 2.36. The maximum Gasteiger partial charge on any atom is 0.196 e. The van der Waals surface area contributed by atoms with Crippen molar-refractivity contribution in [2.75, 3.05) is 11.9 Å². The summed E-state index contributed by atoms with van der Waals surface area (Å²) in [6.45, 7) is 7.27. The zero-order valence-electron chi connectivity index (χ0n) is 18.5. The van der Waals surface area contributed by atoms with E-state index in [-0.39, 0.29) is 21.0 Å². The molecule has 2 aromatic heterocycles. The lowest BCUT2D eigenvalue weighted by Crippen LogP contribution is -2.20.